The summed E-state index contributed by atoms with van der Waals surface area (Å²) in [5.74, 6) is 0.880. The van der Waals surface area contributed by atoms with E-state index in [0.717, 1.165) is 5.92 Å². The fourth-order valence-corrected chi connectivity index (χ4v) is 3.56. The van der Waals surface area contributed by atoms with Crippen molar-refractivity contribution in [3.8, 4) is 0 Å². The molecule has 2 rings (SSSR count). The molecule has 1 saturated heterocycles. The van der Waals surface area contributed by atoms with Crippen molar-refractivity contribution in [2.75, 3.05) is 26.2 Å². The van der Waals surface area contributed by atoms with E-state index in [1.165, 1.54) is 39.0 Å². The second-order valence-corrected chi connectivity index (χ2v) is 7.17. The lowest BCUT2D eigenvalue weighted by molar-refractivity contribution is 0.239. The number of nitrogens with one attached hydrogen (secondary N) is 1. The van der Waals surface area contributed by atoms with Gasteiger partial charge in [-0.05, 0) is 42.7 Å². The van der Waals surface area contributed by atoms with Crippen molar-refractivity contribution >= 4 is 0 Å². The van der Waals surface area contributed by atoms with Crippen LogP contribution in [0.2, 0.25) is 0 Å². The van der Waals surface area contributed by atoms with Crippen molar-refractivity contribution in [1.29, 1.82) is 0 Å². The molecule has 0 aromatic carbocycles. The van der Waals surface area contributed by atoms with E-state index in [9.17, 15) is 0 Å². The van der Waals surface area contributed by atoms with Crippen LogP contribution < -0.4 is 5.32 Å². The zero-order valence-corrected chi connectivity index (χ0v) is 12.3. The van der Waals surface area contributed by atoms with Crippen LogP contribution in [0.25, 0.3) is 0 Å². The fraction of sp³-hybridized carbons (Fsp3) is 1.00. The van der Waals surface area contributed by atoms with Crippen LogP contribution in [0.5, 0.6) is 0 Å². The number of hydrogen-bond donors (Lipinski definition) is 1. The molecule has 1 aliphatic heterocycles. The van der Waals surface area contributed by atoms with Gasteiger partial charge in [0, 0.05) is 19.1 Å². The van der Waals surface area contributed by atoms with E-state index < -0.39 is 0 Å². The number of nitrogens with zero attached hydrogens (tertiary/aromatic N) is 1. The molecule has 0 amide bonds. The van der Waals surface area contributed by atoms with Gasteiger partial charge in [0.2, 0.25) is 0 Å². The Bertz CT molecular complexity index is 256. The molecule has 17 heavy (non-hydrogen) atoms. The summed E-state index contributed by atoms with van der Waals surface area (Å²) in [6.45, 7) is 17.1. The number of rotatable bonds is 3. The third-order valence-corrected chi connectivity index (χ3v) is 5.82. The largest absolute Gasteiger partial charge is 0.313 e. The first-order chi connectivity index (χ1) is 7.89. The molecule has 1 heterocycles. The van der Waals surface area contributed by atoms with Gasteiger partial charge in [0.1, 0.15) is 0 Å². The maximum atomic E-state index is 3.65. The standard InChI is InChI=1S/C15H30N2/c1-6-12-10-17(9-7-8-16-12)11-13-14(2,3)15(13,4)5/h12-13,16H,6-11H2,1-5H3. The zero-order chi connectivity index (χ0) is 12.7. The Morgan fingerprint density at radius 3 is 2.35 bits per heavy atom. The lowest BCUT2D eigenvalue weighted by Gasteiger charge is -2.24. The van der Waals surface area contributed by atoms with E-state index in [1.54, 1.807) is 0 Å². The van der Waals surface area contributed by atoms with E-state index in [4.69, 9.17) is 0 Å². The minimum atomic E-state index is 0.536. The van der Waals surface area contributed by atoms with Crippen LogP contribution in [0, 0.1) is 16.7 Å². The summed E-state index contributed by atoms with van der Waals surface area (Å²) in [4.78, 5) is 2.70. The summed E-state index contributed by atoms with van der Waals surface area (Å²) >= 11 is 0. The Labute approximate surface area is 107 Å². The third-order valence-electron chi connectivity index (χ3n) is 5.82. The van der Waals surface area contributed by atoms with Gasteiger partial charge in [0.25, 0.3) is 0 Å². The maximum Gasteiger partial charge on any atom is 0.0192 e. The normalized spacial score (nSPS) is 33.4. The summed E-state index contributed by atoms with van der Waals surface area (Å²) in [7, 11) is 0. The molecule has 1 N–H and O–H groups in total. The Morgan fingerprint density at radius 1 is 1.18 bits per heavy atom. The Hall–Kier alpha value is -0.0800. The molecule has 2 nitrogen and oxygen atoms in total. The van der Waals surface area contributed by atoms with E-state index in [1.807, 2.05) is 0 Å². The summed E-state index contributed by atoms with van der Waals surface area (Å²) in [5, 5.41) is 3.65. The van der Waals surface area contributed by atoms with E-state index in [0.29, 0.717) is 16.9 Å². The second kappa shape index (κ2) is 4.55. The molecule has 1 saturated carbocycles. The molecular weight excluding hydrogens is 208 g/mol. The van der Waals surface area contributed by atoms with Crippen molar-refractivity contribution in [1.82, 2.24) is 10.2 Å². The molecule has 2 heteroatoms. The van der Waals surface area contributed by atoms with Crippen LogP contribution in [0.4, 0.5) is 0 Å². The average Bonchev–Trinajstić information content (AvgIpc) is 2.77. The van der Waals surface area contributed by atoms with Crippen molar-refractivity contribution < 1.29 is 0 Å². The fourth-order valence-electron chi connectivity index (χ4n) is 3.56. The van der Waals surface area contributed by atoms with Crippen molar-refractivity contribution in [3.05, 3.63) is 0 Å². The Balaban J connectivity index is 1.91. The van der Waals surface area contributed by atoms with Crippen LogP contribution in [0.3, 0.4) is 0 Å². The Kier molecular flexibility index (Phi) is 3.57. The van der Waals surface area contributed by atoms with Gasteiger partial charge in [-0.15, -0.1) is 0 Å². The minimum absolute atomic E-state index is 0.536. The van der Waals surface area contributed by atoms with Crippen molar-refractivity contribution in [3.63, 3.8) is 0 Å². The topological polar surface area (TPSA) is 15.3 Å². The van der Waals surface area contributed by atoms with Gasteiger partial charge in [-0.3, -0.25) is 0 Å². The second-order valence-electron chi connectivity index (χ2n) is 7.17. The van der Waals surface area contributed by atoms with Crippen LogP contribution >= 0.6 is 0 Å². The molecular formula is C15H30N2. The molecule has 1 unspecified atom stereocenters. The van der Waals surface area contributed by atoms with Crippen LogP contribution in [0.15, 0.2) is 0 Å². The summed E-state index contributed by atoms with van der Waals surface area (Å²) < 4.78 is 0. The van der Waals surface area contributed by atoms with Gasteiger partial charge < -0.3 is 10.2 Å². The van der Waals surface area contributed by atoms with Crippen LogP contribution in [0.1, 0.15) is 47.5 Å². The van der Waals surface area contributed by atoms with E-state index >= 15 is 0 Å². The lowest BCUT2D eigenvalue weighted by Crippen LogP contribution is -2.38. The molecule has 0 radical (unpaired) electrons. The monoisotopic (exact) mass is 238 g/mol. The minimum Gasteiger partial charge on any atom is -0.313 e. The van der Waals surface area contributed by atoms with Gasteiger partial charge in [-0.25, -0.2) is 0 Å². The van der Waals surface area contributed by atoms with E-state index in [-0.39, 0.29) is 0 Å². The first kappa shape index (κ1) is 13.4. The summed E-state index contributed by atoms with van der Waals surface area (Å²) in [6, 6.07) is 0.711. The van der Waals surface area contributed by atoms with Gasteiger partial charge in [0.15, 0.2) is 0 Å². The lowest BCUT2D eigenvalue weighted by atomic mass is 10.0. The smallest absolute Gasteiger partial charge is 0.0192 e. The van der Waals surface area contributed by atoms with Crippen LogP contribution in [-0.2, 0) is 0 Å². The average molecular weight is 238 g/mol. The first-order valence-corrected chi connectivity index (χ1v) is 7.35. The summed E-state index contributed by atoms with van der Waals surface area (Å²) in [5.41, 5.74) is 1.07. The first-order valence-electron chi connectivity index (χ1n) is 7.35. The van der Waals surface area contributed by atoms with Gasteiger partial charge in [-0.1, -0.05) is 34.6 Å². The van der Waals surface area contributed by atoms with Crippen molar-refractivity contribution in [2.24, 2.45) is 16.7 Å². The molecule has 1 atom stereocenters. The molecule has 0 aromatic rings. The highest BCUT2D eigenvalue weighted by Crippen LogP contribution is 2.68. The Morgan fingerprint density at radius 2 is 1.82 bits per heavy atom. The highest BCUT2D eigenvalue weighted by atomic mass is 15.2. The molecule has 0 bridgehead atoms. The third kappa shape index (κ3) is 2.39. The predicted octanol–water partition coefficient (Wildman–Crippen LogP) is 2.74. The predicted molar refractivity (Wildman–Crippen MR) is 74.2 cm³/mol. The van der Waals surface area contributed by atoms with Gasteiger partial charge in [-0.2, -0.15) is 0 Å². The van der Waals surface area contributed by atoms with Crippen LogP contribution in [-0.4, -0.2) is 37.1 Å². The quantitative estimate of drug-likeness (QED) is 0.813. The molecule has 1 aliphatic carbocycles. The summed E-state index contributed by atoms with van der Waals surface area (Å²) in [6.07, 6.45) is 2.57. The highest BCUT2D eigenvalue weighted by Gasteiger charge is 2.64. The number of hydrogen-bond acceptors (Lipinski definition) is 2. The molecule has 2 aliphatic rings. The molecule has 2 fully saturated rings. The van der Waals surface area contributed by atoms with E-state index in [2.05, 4.69) is 44.8 Å². The highest BCUT2D eigenvalue weighted by molar-refractivity contribution is 5.13. The van der Waals surface area contributed by atoms with Gasteiger partial charge >= 0.3 is 0 Å². The molecule has 0 spiro atoms. The maximum absolute atomic E-state index is 3.65. The zero-order valence-electron chi connectivity index (χ0n) is 12.3. The molecule has 0 aromatic heterocycles. The van der Waals surface area contributed by atoms with Gasteiger partial charge in [0.05, 0.1) is 0 Å². The molecule has 100 valence electrons. The SMILES string of the molecule is CCC1CN(CC2C(C)(C)C2(C)C)CCCN1. The van der Waals surface area contributed by atoms with Crippen molar-refractivity contribution in [2.45, 2.75) is 53.5 Å².